The van der Waals surface area contributed by atoms with Gasteiger partial charge in [-0.15, -0.1) is 0 Å². The summed E-state index contributed by atoms with van der Waals surface area (Å²) in [6.45, 7) is 2.87. The van der Waals surface area contributed by atoms with Crippen molar-refractivity contribution in [3.63, 3.8) is 0 Å². The first-order chi connectivity index (χ1) is 9.34. The molecule has 0 aromatic carbocycles. The Morgan fingerprint density at radius 3 is 2.30 bits per heavy atom. The van der Waals surface area contributed by atoms with Crippen LogP contribution in [0.15, 0.2) is 0 Å². The first-order valence-electron chi connectivity index (χ1n) is 7.27. The Labute approximate surface area is 126 Å². The van der Waals surface area contributed by atoms with Gasteiger partial charge in [-0.3, -0.25) is 4.79 Å². The van der Waals surface area contributed by atoms with E-state index in [0.29, 0.717) is 18.8 Å². The number of carbonyl (C=O) groups excluding carboxylic acids is 1. The van der Waals surface area contributed by atoms with Crippen LogP contribution in [0.4, 0.5) is 13.2 Å². The molecule has 1 saturated carbocycles. The van der Waals surface area contributed by atoms with Gasteiger partial charge in [0, 0.05) is 23.8 Å². The van der Waals surface area contributed by atoms with Gasteiger partial charge in [0.25, 0.3) is 0 Å². The Bertz CT molecular complexity index is 353. The molecule has 1 saturated heterocycles. The highest BCUT2D eigenvalue weighted by Gasteiger charge is 2.44. The third-order valence-electron chi connectivity index (χ3n) is 4.86. The lowest BCUT2D eigenvalue weighted by Gasteiger charge is -2.33. The summed E-state index contributed by atoms with van der Waals surface area (Å²) < 4.78 is 37.9. The molecule has 0 aromatic rings. The van der Waals surface area contributed by atoms with E-state index in [1.807, 2.05) is 4.90 Å². The molecule has 2 unspecified atom stereocenters. The highest BCUT2D eigenvalue weighted by Crippen LogP contribution is 2.40. The van der Waals surface area contributed by atoms with Crippen LogP contribution in [0.5, 0.6) is 0 Å². The van der Waals surface area contributed by atoms with Crippen LogP contribution in [-0.2, 0) is 4.79 Å². The molecule has 20 heavy (non-hydrogen) atoms. The lowest BCUT2D eigenvalue weighted by molar-refractivity contribution is -0.185. The molecule has 2 fully saturated rings. The summed E-state index contributed by atoms with van der Waals surface area (Å²) in [6, 6.07) is 0.197. The Balaban J connectivity index is 1.92. The van der Waals surface area contributed by atoms with Crippen molar-refractivity contribution in [1.82, 2.24) is 4.90 Å². The second kappa shape index (κ2) is 6.24. The summed E-state index contributed by atoms with van der Waals surface area (Å²) in [6.07, 6.45) is -2.16. The van der Waals surface area contributed by atoms with Crippen LogP contribution in [0.25, 0.3) is 0 Å². The maximum atomic E-state index is 12.6. The van der Waals surface area contributed by atoms with E-state index in [2.05, 4.69) is 22.9 Å². The molecule has 2 aliphatic rings. The second-order valence-electron chi connectivity index (χ2n) is 6.11. The van der Waals surface area contributed by atoms with E-state index in [4.69, 9.17) is 0 Å². The van der Waals surface area contributed by atoms with Gasteiger partial charge >= 0.3 is 6.18 Å². The van der Waals surface area contributed by atoms with Gasteiger partial charge in [-0.1, -0.05) is 22.9 Å². The van der Waals surface area contributed by atoms with E-state index in [9.17, 15) is 18.0 Å². The molecule has 2 rings (SSSR count). The summed E-state index contributed by atoms with van der Waals surface area (Å²) in [5, 5.41) is 0.748. The van der Waals surface area contributed by atoms with E-state index in [0.717, 1.165) is 18.3 Å². The van der Waals surface area contributed by atoms with Gasteiger partial charge in [0.05, 0.1) is 5.92 Å². The molecule has 1 amide bonds. The molecule has 2 atom stereocenters. The van der Waals surface area contributed by atoms with Crippen molar-refractivity contribution in [1.29, 1.82) is 0 Å². The SMILES string of the molecule is CC1CCN(C(=O)C2CCC(C(F)(F)F)CC2)C1CBr. The topological polar surface area (TPSA) is 20.3 Å². The molecule has 1 aliphatic heterocycles. The van der Waals surface area contributed by atoms with Crippen molar-refractivity contribution in [2.45, 2.75) is 51.2 Å². The number of rotatable bonds is 2. The average molecular weight is 356 g/mol. The number of carbonyl (C=O) groups is 1. The standard InChI is InChI=1S/C14H21BrF3NO/c1-9-6-7-19(12(9)8-15)13(20)10-2-4-11(5-3-10)14(16,17)18/h9-12H,2-8H2,1H3. The fourth-order valence-corrected chi connectivity index (χ4v) is 4.41. The number of alkyl halides is 4. The van der Waals surface area contributed by atoms with Crippen LogP contribution in [0.3, 0.4) is 0 Å². The van der Waals surface area contributed by atoms with Crippen molar-refractivity contribution in [2.24, 2.45) is 17.8 Å². The normalized spacial score (nSPS) is 35.4. The smallest absolute Gasteiger partial charge is 0.338 e. The monoisotopic (exact) mass is 355 g/mol. The molecule has 2 nitrogen and oxygen atoms in total. The Hall–Kier alpha value is -0.260. The minimum absolute atomic E-state index is 0.0689. The Kier molecular flexibility index (Phi) is 5.03. The predicted octanol–water partition coefficient (Wildman–Crippen LogP) is 3.99. The molecule has 0 radical (unpaired) electrons. The lowest BCUT2D eigenvalue weighted by Crippen LogP contribution is -2.43. The third-order valence-corrected chi connectivity index (χ3v) is 5.53. The second-order valence-corrected chi connectivity index (χ2v) is 6.76. The van der Waals surface area contributed by atoms with Crippen LogP contribution in [0.2, 0.25) is 0 Å². The zero-order chi connectivity index (χ0) is 14.9. The molecule has 0 N–H and O–H groups in total. The third kappa shape index (κ3) is 3.31. The van der Waals surface area contributed by atoms with Gasteiger partial charge in [0.15, 0.2) is 0 Å². The Morgan fingerprint density at radius 2 is 1.80 bits per heavy atom. The molecular formula is C14H21BrF3NO. The molecular weight excluding hydrogens is 335 g/mol. The molecule has 116 valence electrons. The largest absolute Gasteiger partial charge is 0.391 e. The van der Waals surface area contributed by atoms with Crippen LogP contribution < -0.4 is 0 Å². The fourth-order valence-electron chi connectivity index (χ4n) is 3.42. The number of nitrogens with zero attached hydrogens (tertiary/aromatic N) is 1. The van der Waals surface area contributed by atoms with Gasteiger partial charge in [0.1, 0.15) is 0 Å². The van der Waals surface area contributed by atoms with Crippen molar-refractivity contribution >= 4 is 21.8 Å². The summed E-state index contributed by atoms with van der Waals surface area (Å²) in [5.41, 5.74) is 0. The van der Waals surface area contributed by atoms with E-state index in [1.165, 1.54) is 0 Å². The summed E-state index contributed by atoms with van der Waals surface area (Å²) in [5.74, 6) is -0.888. The van der Waals surface area contributed by atoms with Gasteiger partial charge in [0.2, 0.25) is 5.91 Å². The van der Waals surface area contributed by atoms with Crippen LogP contribution in [-0.4, -0.2) is 34.9 Å². The van der Waals surface area contributed by atoms with Gasteiger partial charge in [-0.05, 0) is 38.0 Å². The number of amides is 1. The quantitative estimate of drug-likeness (QED) is 0.686. The summed E-state index contributed by atoms with van der Waals surface area (Å²) >= 11 is 3.44. The highest BCUT2D eigenvalue weighted by molar-refractivity contribution is 9.09. The first kappa shape index (κ1) is 16.1. The average Bonchev–Trinajstić information content (AvgIpc) is 2.78. The van der Waals surface area contributed by atoms with Gasteiger partial charge in [-0.2, -0.15) is 13.2 Å². The minimum atomic E-state index is -4.10. The molecule has 0 bridgehead atoms. The molecule has 0 spiro atoms. The molecule has 0 aromatic heterocycles. The maximum absolute atomic E-state index is 12.6. The van der Waals surface area contributed by atoms with Crippen molar-refractivity contribution in [2.75, 3.05) is 11.9 Å². The number of hydrogen-bond acceptors (Lipinski definition) is 1. The maximum Gasteiger partial charge on any atom is 0.391 e. The van der Waals surface area contributed by atoms with E-state index in [-0.39, 0.29) is 30.7 Å². The van der Waals surface area contributed by atoms with Gasteiger partial charge in [-0.25, -0.2) is 0 Å². The van der Waals surface area contributed by atoms with Crippen LogP contribution in [0, 0.1) is 17.8 Å². The molecule has 6 heteroatoms. The van der Waals surface area contributed by atoms with Crippen molar-refractivity contribution in [3.05, 3.63) is 0 Å². The number of halogens is 4. The summed E-state index contributed by atoms with van der Waals surface area (Å²) in [4.78, 5) is 14.4. The zero-order valence-corrected chi connectivity index (χ0v) is 13.2. The van der Waals surface area contributed by atoms with Crippen molar-refractivity contribution in [3.8, 4) is 0 Å². The number of likely N-dealkylation sites (tertiary alicyclic amines) is 1. The zero-order valence-electron chi connectivity index (χ0n) is 11.6. The van der Waals surface area contributed by atoms with Crippen molar-refractivity contribution < 1.29 is 18.0 Å². The van der Waals surface area contributed by atoms with E-state index >= 15 is 0 Å². The lowest BCUT2D eigenvalue weighted by atomic mass is 9.81. The Morgan fingerprint density at radius 1 is 1.20 bits per heavy atom. The van der Waals surface area contributed by atoms with Crippen LogP contribution >= 0.6 is 15.9 Å². The molecule has 1 heterocycles. The van der Waals surface area contributed by atoms with E-state index < -0.39 is 12.1 Å². The molecule has 1 aliphatic carbocycles. The highest BCUT2D eigenvalue weighted by atomic mass is 79.9. The predicted molar refractivity (Wildman–Crippen MR) is 74.6 cm³/mol. The number of hydrogen-bond donors (Lipinski definition) is 0. The fraction of sp³-hybridized carbons (Fsp3) is 0.929. The minimum Gasteiger partial charge on any atom is -0.338 e. The first-order valence-corrected chi connectivity index (χ1v) is 8.40. The van der Waals surface area contributed by atoms with Crippen LogP contribution in [0.1, 0.15) is 39.0 Å². The van der Waals surface area contributed by atoms with E-state index in [1.54, 1.807) is 0 Å². The summed E-state index contributed by atoms with van der Waals surface area (Å²) in [7, 11) is 0. The van der Waals surface area contributed by atoms with Gasteiger partial charge < -0.3 is 4.90 Å².